The van der Waals surface area contributed by atoms with Crippen molar-refractivity contribution < 1.29 is 0 Å². The molecular formula is C14H20BrCl. The summed E-state index contributed by atoms with van der Waals surface area (Å²) < 4.78 is 0. The van der Waals surface area contributed by atoms with E-state index in [0.29, 0.717) is 0 Å². The average Bonchev–Trinajstić information content (AvgIpc) is 2.19. The van der Waals surface area contributed by atoms with Crippen molar-refractivity contribution in [2.75, 3.05) is 0 Å². The SMILES string of the molecule is CCCc1c(Cl)cc(C(C)(C)C)cc1CBr. The van der Waals surface area contributed by atoms with Crippen LogP contribution in [0, 0.1) is 0 Å². The zero-order valence-corrected chi connectivity index (χ0v) is 12.9. The number of halogens is 2. The van der Waals surface area contributed by atoms with Crippen LogP contribution in [0.25, 0.3) is 0 Å². The first-order valence-electron chi connectivity index (χ1n) is 5.78. The third-order valence-corrected chi connectivity index (χ3v) is 3.74. The quantitative estimate of drug-likeness (QED) is 0.648. The molecule has 90 valence electrons. The fourth-order valence-electron chi connectivity index (χ4n) is 1.78. The Morgan fingerprint density at radius 2 is 1.88 bits per heavy atom. The zero-order chi connectivity index (χ0) is 12.3. The van der Waals surface area contributed by atoms with Gasteiger partial charge in [0.05, 0.1) is 0 Å². The highest BCUT2D eigenvalue weighted by molar-refractivity contribution is 9.08. The van der Waals surface area contributed by atoms with Crippen LogP contribution >= 0.6 is 27.5 Å². The van der Waals surface area contributed by atoms with E-state index >= 15 is 0 Å². The molecule has 0 heterocycles. The summed E-state index contributed by atoms with van der Waals surface area (Å²) >= 11 is 9.93. The van der Waals surface area contributed by atoms with Crippen molar-refractivity contribution in [3.05, 3.63) is 33.8 Å². The Balaban J connectivity index is 3.26. The van der Waals surface area contributed by atoms with E-state index in [1.54, 1.807) is 0 Å². The Hall–Kier alpha value is -0.0100. The van der Waals surface area contributed by atoms with Crippen molar-refractivity contribution in [2.45, 2.75) is 51.3 Å². The first-order valence-corrected chi connectivity index (χ1v) is 7.27. The van der Waals surface area contributed by atoms with Crippen LogP contribution in [-0.4, -0.2) is 0 Å². The third kappa shape index (κ3) is 3.24. The summed E-state index contributed by atoms with van der Waals surface area (Å²) in [6.07, 6.45) is 2.19. The van der Waals surface area contributed by atoms with Crippen LogP contribution in [0.5, 0.6) is 0 Å². The van der Waals surface area contributed by atoms with E-state index in [1.165, 1.54) is 16.7 Å². The van der Waals surface area contributed by atoms with Crippen LogP contribution in [0.1, 0.15) is 50.8 Å². The minimum absolute atomic E-state index is 0.158. The summed E-state index contributed by atoms with van der Waals surface area (Å²) in [5, 5.41) is 1.80. The number of hydrogen-bond donors (Lipinski definition) is 0. The number of alkyl halides is 1. The van der Waals surface area contributed by atoms with Gasteiger partial charge in [0.1, 0.15) is 0 Å². The highest BCUT2D eigenvalue weighted by atomic mass is 79.9. The van der Waals surface area contributed by atoms with E-state index in [9.17, 15) is 0 Å². The van der Waals surface area contributed by atoms with Gasteiger partial charge in [-0.25, -0.2) is 0 Å². The summed E-state index contributed by atoms with van der Waals surface area (Å²) in [5.41, 5.74) is 4.10. The fourth-order valence-corrected chi connectivity index (χ4v) is 2.61. The average molecular weight is 304 g/mol. The molecule has 0 unspecified atom stereocenters. The molecular weight excluding hydrogens is 284 g/mol. The van der Waals surface area contributed by atoms with Crippen molar-refractivity contribution in [3.63, 3.8) is 0 Å². The van der Waals surface area contributed by atoms with Gasteiger partial charge in [-0.15, -0.1) is 0 Å². The van der Waals surface area contributed by atoms with Crippen LogP contribution in [-0.2, 0) is 17.2 Å². The molecule has 0 amide bonds. The molecule has 0 aliphatic carbocycles. The van der Waals surface area contributed by atoms with Crippen LogP contribution in [0.15, 0.2) is 12.1 Å². The van der Waals surface area contributed by atoms with E-state index in [2.05, 4.69) is 55.8 Å². The van der Waals surface area contributed by atoms with Crippen molar-refractivity contribution >= 4 is 27.5 Å². The van der Waals surface area contributed by atoms with E-state index in [4.69, 9.17) is 11.6 Å². The lowest BCUT2D eigenvalue weighted by Gasteiger charge is -2.22. The van der Waals surface area contributed by atoms with Gasteiger partial charge in [-0.1, -0.05) is 67.7 Å². The van der Waals surface area contributed by atoms with Gasteiger partial charge in [0.2, 0.25) is 0 Å². The Kier molecular flexibility index (Phi) is 4.88. The summed E-state index contributed by atoms with van der Waals surface area (Å²) in [6, 6.07) is 4.41. The monoisotopic (exact) mass is 302 g/mol. The summed E-state index contributed by atoms with van der Waals surface area (Å²) in [5.74, 6) is 0. The minimum Gasteiger partial charge on any atom is -0.0876 e. The van der Waals surface area contributed by atoms with Gasteiger partial charge in [-0.05, 0) is 34.6 Å². The molecule has 0 bridgehead atoms. The third-order valence-electron chi connectivity index (χ3n) is 2.80. The molecule has 2 heteroatoms. The fraction of sp³-hybridized carbons (Fsp3) is 0.571. The molecule has 0 aromatic heterocycles. The zero-order valence-electron chi connectivity index (χ0n) is 10.5. The van der Waals surface area contributed by atoms with Crippen molar-refractivity contribution in [1.29, 1.82) is 0 Å². The number of hydrogen-bond acceptors (Lipinski definition) is 0. The Labute approximate surface area is 113 Å². The van der Waals surface area contributed by atoms with Gasteiger partial charge in [0, 0.05) is 10.4 Å². The maximum Gasteiger partial charge on any atom is 0.0443 e. The normalized spacial score (nSPS) is 11.9. The molecule has 1 aromatic carbocycles. The highest BCUT2D eigenvalue weighted by Crippen LogP contribution is 2.31. The van der Waals surface area contributed by atoms with Gasteiger partial charge in [-0.3, -0.25) is 0 Å². The molecule has 0 aliphatic heterocycles. The smallest absolute Gasteiger partial charge is 0.0443 e. The largest absolute Gasteiger partial charge is 0.0876 e. The van der Waals surface area contributed by atoms with Gasteiger partial charge >= 0.3 is 0 Å². The number of rotatable bonds is 3. The molecule has 0 N–H and O–H groups in total. The van der Waals surface area contributed by atoms with E-state index < -0.39 is 0 Å². The lowest BCUT2D eigenvalue weighted by Crippen LogP contribution is -2.12. The second kappa shape index (κ2) is 5.55. The van der Waals surface area contributed by atoms with Crippen molar-refractivity contribution in [1.82, 2.24) is 0 Å². The summed E-state index contributed by atoms with van der Waals surface area (Å²) in [4.78, 5) is 0. The summed E-state index contributed by atoms with van der Waals surface area (Å²) in [7, 11) is 0. The van der Waals surface area contributed by atoms with Crippen molar-refractivity contribution in [2.24, 2.45) is 0 Å². The maximum absolute atomic E-state index is 6.38. The molecule has 0 saturated carbocycles. The maximum atomic E-state index is 6.38. The summed E-state index contributed by atoms with van der Waals surface area (Å²) in [6.45, 7) is 8.84. The van der Waals surface area contributed by atoms with Crippen LogP contribution < -0.4 is 0 Å². The second-order valence-corrected chi connectivity index (χ2v) is 6.20. The predicted molar refractivity (Wildman–Crippen MR) is 76.8 cm³/mol. The Bertz CT molecular complexity index is 364. The highest BCUT2D eigenvalue weighted by Gasteiger charge is 2.17. The molecule has 0 atom stereocenters. The molecule has 0 nitrogen and oxygen atoms in total. The van der Waals surface area contributed by atoms with Gasteiger partial charge < -0.3 is 0 Å². The molecule has 1 aromatic rings. The van der Waals surface area contributed by atoms with E-state index in [-0.39, 0.29) is 5.41 Å². The lowest BCUT2D eigenvalue weighted by atomic mass is 9.85. The van der Waals surface area contributed by atoms with E-state index in [0.717, 1.165) is 23.2 Å². The van der Waals surface area contributed by atoms with Gasteiger partial charge in [0.25, 0.3) is 0 Å². The first kappa shape index (κ1) is 14.1. The van der Waals surface area contributed by atoms with Crippen LogP contribution in [0.2, 0.25) is 5.02 Å². The molecule has 0 fully saturated rings. The lowest BCUT2D eigenvalue weighted by molar-refractivity contribution is 0.589. The molecule has 0 radical (unpaired) electrons. The Morgan fingerprint density at radius 1 is 1.25 bits per heavy atom. The molecule has 0 spiro atoms. The molecule has 16 heavy (non-hydrogen) atoms. The first-order chi connectivity index (χ1) is 7.40. The van der Waals surface area contributed by atoms with Gasteiger partial charge in [0.15, 0.2) is 0 Å². The molecule has 1 rings (SSSR count). The standard InChI is InChI=1S/C14H20BrCl/c1-5-6-12-10(9-15)7-11(8-13(12)16)14(2,3)4/h7-8H,5-6,9H2,1-4H3. The second-order valence-electron chi connectivity index (χ2n) is 5.23. The topological polar surface area (TPSA) is 0 Å². The van der Waals surface area contributed by atoms with Gasteiger partial charge in [-0.2, -0.15) is 0 Å². The van der Waals surface area contributed by atoms with Crippen molar-refractivity contribution in [3.8, 4) is 0 Å². The number of benzene rings is 1. The molecule has 0 saturated heterocycles. The van der Waals surface area contributed by atoms with Crippen LogP contribution in [0.3, 0.4) is 0 Å². The van der Waals surface area contributed by atoms with Crippen LogP contribution in [0.4, 0.5) is 0 Å². The Morgan fingerprint density at radius 3 is 2.31 bits per heavy atom. The molecule has 0 aliphatic rings. The van der Waals surface area contributed by atoms with E-state index in [1.807, 2.05) is 0 Å². The minimum atomic E-state index is 0.158. The predicted octanol–water partition coefficient (Wildman–Crippen LogP) is 5.48.